The van der Waals surface area contributed by atoms with Gasteiger partial charge >= 0.3 is 0 Å². The Bertz CT molecular complexity index is 820. The van der Waals surface area contributed by atoms with Crippen molar-refractivity contribution in [3.63, 3.8) is 0 Å². The maximum Gasteiger partial charge on any atom is 0.256 e. The van der Waals surface area contributed by atoms with E-state index in [1.54, 1.807) is 6.07 Å². The number of benzene rings is 1. The number of anilines is 2. The molecule has 1 saturated carbocycles. The van der Waals surface area contributed by atoms with Crippen LogP contribution < -0.4 is 10.2 Å². The molecule has 1 fully saturated rings. The van der Waals surface area contributed by atoms with E-state index in [1.165, 1.54) is 29.5 Å². The minimum Gasteiger partial charge on any atom is -0.379 e. The van der Waals surface area contributed by atoms with Gasteiger partial charge in [-0.05, 0) is 37.1 Å². The van der Waals surface area contributed by atoms with Crippen molar-refractivity contribution in [3.05, 3.63) is 36.2 Å². The van der Waals surface area contributed by atoms with E-state index in [0.717, 1.165) is 29.1 Å². The molecule has 0 radical (unpaired) electrons. The highest BCUT2D eigenvalue weighted by atomic mass is 32.2. The van der Waals surface area contributed by atoms with Crippen molar-refractivity contribution >= 4 is 29.0 Å². The molecule has 8 heteroatoms. The average Bonchev–Trinajstić information content (AvgIpc) is 3.33. The zero-order valence-electron chi connectivity index (χ0n) is 14.9. The molecular weight excluding hydrogens is 370 g/mol. The molecule has 0 unspecified atom stereocenters. The second kappa shape index (κ2) is 7.88. The molecule has 2 aliphatic rings. The fourth-order valence-electron chi connectivity index (χ4n) is 3.80. The molecule has 2 aromatic rings. The van der Waals surface area contributed by atoms with E-state index in [0.29, 0.717) is 18.3 Å². The predicted octanol–water partition coefficient (Wildman–Crippen LogP) is 4.31. The van der Waals surface area contributed by atoms with Gasteiger partial charge in [-0.2, -0.15) is 5.10 Å². The third kappa shape index (κ3) is 3.95. The van der Waals surface area contributed by atoms with E-state index in [-0.39, 0.29) is 11.7 Å². The number of hydrogen-bond acceptors (Lipinski definition) is 4. The normalized spacial score (nSPS) is 17.6. The zero-order chi connectivity index (χ0) is 18.8. The van der Waals surface area contributed by atoms with Crippen molar-refractivity contribution in [2.45, 2.75) is 49.6 Å². The monoisotopic (exact) mass is 392 g/mol. The Balaban J connectivity index is 1.50. The van der Waals surface area contributed by atoms with Crippen molar-refractivity contribution in [1.29, 1.82) is 0 Å². The van der Waals surface area contributed by atoms with Gasteiger partial charge in [-0.15, -0.1) is 11.8 Å². The van der Waals surface area contributed by atoms with E-state index in [9.17, 15) is 13.6 Å². The van der Waals surface area contributed by atoms with Crippen LogP contribution in [0.1, 0.15) is 37.4 Å². The van der Waals surface area contributed by atoms with E-state index in [4.69, 9.17) is 0 Å². The second-order valence-corrected chi connectivity index (χ2v) is 7.94. The average molecular weight is 392 g/mol. The second-order valence-electron chi connectivity index (χ2n) is 6.93. The summed E-state index contributed by atoms with van der Waals surface area (Å²) >= 11 is 1.39. The number of thioether (sulfide) groups is 1. The van der Waals surface area contributed by atoms with Gasteiger partial charge in [0, 0.05) is 16.8 Å². The van der Waals surface area contributed by atoms with Crippen LogP contribution in [0.4, 0.5) is 20.2 Å². The van der Waals surface area contributed by atoms with E-state index < -0.39 is 13.0 Å². The summed E-state index contributed by atoms with van der Waals surface area (Å²) in [4.78, 5) is 14.1. The fraction of sp³-hybridized carbons (Fsp3) is 0.474. The Morgan fingerprint density at radius 2 is 2.07 bits per heavy atom. The third-order valence-corrected chi connectivity index (χ3v) is 6.17. The fourth-order valence-corrected chi connectivity index (χ4v) is 4.72. The van der Waals surface area contributed by atoms with Crippen LogP contribution in [0.3, 0.4) is 0 Å². The lowest BCUT2D eigenvalue weighted by atomic mass is 10.2. The molecule has 4 rings (SSSR count). The Kier molecular flexibility index (Phi) is 5.33. The van der Waals surface area contributed by atoms with Crippen LogP contribution >= 0.6 is 11.8 Å². The number of rotatable bonds is 6. The summed E-state index contributed by atoms with van der Waals surface area (Å²) in [6, 6.07) is 8.08. The minimum absolute atomic E-state index is 0.201. The number of carbonyl (C=O) groups excluding carboxylic acids is 1. The van der Waals surface area contributed by atoms with Crippen LogP contribution in [0.15, 0.2) is 35.4 Å². The van der Waals surface area contributed by atoms with E-state index >= 15 is 0 Å². The molecular formula is C19H22F2N4OS. The Morgan fingerprint density at radius 1 is 1.26 bits per heavy atom. The number of nitrogens with one attached hydrogen (secondary N) is 1. The number of carbonyl (C=O) groups is 1. The van der Waals surface area contributed by atoms with Crippen LogP contribution in [0.25, 0.3) is 0 Å². The minimum atomic E-state index is -2.55. The molecule has 1 aromatic carbocycles. The number of alkyl halides is 2. The maximum absolute atomic E-state index is 12.9. The lowest BCUT2D eigenvalue weighted by molar-refractivity contribution is -0.116. The molecule has 144 valence electrons. The number of fused-ring (bicyclic) bond motifs is 1. The first-order chi connectivity index (χ1) is 13.1. The highest BCUT2D eigenvalue weighted by molar-refractivity contribution is 8.00. The molecule has 0 saturated heterocycles. The van der Waals surface area contributed by atoms with Crippen molar-refractivity contribution in [2.24, 2.45) is 0 Å². The molecule has 27 heavy (non-hydrogen) atoms. The molecule has 1 aliphatic heterocycles. The first kappa shape index (κ1) is 18.3. The maximum atomic E-state index is 12.9. The predicted molar refractivity (Wildman–Crippen MR) is 103 cm³/mol. The molecule has 5 nitrogen and oxygen atoms in total. The topological polar surface area (TPSA) is 50.2 Å². The number of halogens is 2. The molecule has 0 atom stereocenters. The van der Waals surface area contributed by atoms with Gasteiger partial charge in [-0.1, -0.05) is 12.8 Å². The van der Waals surface area contributed by atoms with E-state index in [1.807, 2.05) is 24.4 Å². The van der Waals surface area contributed by atoms with Crippen LogP contribution in [0.5, 0.6) is 0 Å². The zero-order valence-corrected chi connectivity index (χ0v) is 15.7. The first-order valence-electron chi connectivity index (χ1n) is 9.23. The van der Waals surface area contributed by atoms with Crippen LogP contribution in [0.2, 0.25) is 0 Å². The quantitative estimate of drug-likeness (QED) is 0.796. The summed E-state index contributed by atoms with van der Waals surface area (Å²) in [5.74, 6) is -0.0724. The highest BCUT2D eigenvalue weighted by Gasteiger charge is 2.27. The highest BCUT2D eigenvalue weighted by Crippen LogP contribution is 2.37. The third-order valence-electron chi connectivity index (χ3n) is 5.12. The van der Waals surface area contributed by atoms with Gasteiger partial charge in [0.15, 0.2) is 0 Å². The lowest BCUT2D eigenvalue weighted by Gasteiger charge is -2.29. The SMILES string of the molecule is O=C1CSc2ccc(NCc3ccnn3C3CCCC3)cc2N1CC(F)F. The Labute approximate surface area is 161 Å². The van der Waals surface area contributed by atoms with Gasteiger partial charge < -0.3 is 10.2 Å². The number of nitrogens with zero attached hydrogens (tertiary/aromatic N) is 3. The Morgan fingerprint density at radius 3 is 2.85 bits per heavy atom. The summed E-state index contributed by atoms with van der Waals surface area (Å²) < 4.78 is 27.9. The molecule has 2 heterocycles. The van der Waals surface area contributed by atoms with Gasteiger partial charge in [0.05, 0.1) is 36.3 Å². The number of hydrogen-bond donors (Lipinski definition) is 1. The summed E-state index contributed by atoms with van der Waals surface area (Å²) in [5.41, 5.74) is 2.47. The number of aromatic nitrogens is 2. The van der Waals surface area contributed by atoms with Gasteiger partial charge in [-0.25, -0.2) is 8.78 Å². The van der Waals surface area contributed by atoms with Crippen molar-refractivity contribution in [2.75, 3.05) is 22.5 Å². The smallest absolute Gasteiger partial charge is 0.256 e. The summed E-state index contributed by atoms with van der Waals surface area (Å²) in [6.07, 6.45) is 4.08. The molecule has 0 bridgehead atoms. The molecule has 1 amide bonds. The lowest BCUT2D eigenvalue weighted by Crippen LogP contribution is -2.38. The van der Waals surface area contributed by atoms with E-state index in [2.05, 4.69) is 15.1 Å². The first-order valence-corrected chi connectivity index (χ1v) is 10.2. The molecule has 1 aliphatic carbocycles. The van der Waals surface area contributed by atoms with Gasteiger partial charge in [-0.3, -0.25) is 9.48 Å². The summed E-state index contributed by atoms with van der Waals surface area (Å²) in [6.45, 7) is 0.0372. The molecule has 1 N–H and O–H groups in total. The van der Waals surface area contributed by atoms with Crippen LogP contribution in [-0.4, -0.2) is 34.4 Å². The van der Waals surface area contributed by atoms with Crippen molar-refractivity contribution < 1.29 is 13.6 Å². The van der Waals surface area contributed by atoms with Crippen LogP contribution in [-0.2, 0) is 11.3 Å². The standard InChI is InChI=1S/C19H22F2N4OS/c20-18(21)11-24-16-9-13(5-6-17(16)27-12-19(24)26)22-10-15-7-8-23-25(15)14-3-1-2-4-14/h5-9,14,18,22H,1-4,10-12H2. The largest absolute Gasteiger partial charge is 0.379 e. The van der Waals surface area contributed by atoms with Gasteiger partial charge in [0.25, 0.3) is 6.43 Å². The van der Waals surface area contributed by atoms with Crippen molar-refractivity contribution in [1.82, 2.24) is 9.78 Å². The summed E-state index contributed by atoms with van der Waals surface area (Å²) in [7, 11) is 0. The number of amides is 1. The molecule has 0 spiro atoms. The van der Waals surface area contributed by atoms with Crippen LogP contribution in [0, 0.1) is 0 Å². The van der Waals surface area contributed by atoms with Crippen molar-refractivity contribution in [3.8, 4) is 0 Å². The van der Waals surface area contributed by atoms with Gasteiger partial charge in [0.2, 0.25) is 5.91 Å². The Hall–Kier alpha value is -2.09. The van der Waals surface area contributed by atoms with Gasteiger partial charge in [0.1, 0.15) is 0 Å². The summed E-state index contributed by atoms with van der Waals surface area (Å²) in [5, 5.41) is 7.83. The molecule has 1 aromatic heterocycles.